The summed E-state index contributed by atoms with van der Waals surface area (Å²) in [7, 11) is 0. The minimum Gasteiger partial charge on any atom is -0.371 e. The van der Waals surface area contributed by atoms with E-state index in [0.29, 0.717) is 11.4 Å². The molecule has 4 nitrogen and oxygen atoms in total. The van der Waals surface area contributed by atoms with Crippen LogP contribution >= 0.6 is 22.6 Å². The van der Waals surface area contributed by atoms with Crippen molar-refractivity contribution in [2.24, 2.45) is 0 Å². The number of nitrogens with one attached hydrogen (secondary N) is 1. The molecule has 1 N–H and O–H groups in total. The van der Waals surface area contributed by atoms with Crippen molar-refractivity contribution in [3.05, 3.63) is 50.7 Å². The second kappa shape index (κ2) is 7.51. The monoisotopic (exact) mass is 435 g/mol. The molecule has 3 rings (SSSR count). The van der Waals surface area contributed by atoms with Crippen LogP contribution in [0, 0.1) is 17.4 Å². The summed E-state index contributed by atoms with van der Waals surface area (Å²) in [4.78, 5) is 19.3. The number of anilines is 2. The molecule has 0 bridgehead atoms. The average molecular weight is 435 g/mol. The van der Waals surface area contributed by atoms with Gasteiger partial charge in [0.1, 0.15) is 5.82 Å². The highest BCUT2D eigenvalue weighted by atomic mass is 127. The fourth-order valence-corrected chi connectivity index (χ4v) is 3.39. The molecule has 0 atom stereocenters. The molecule has 24 heavy (non-hydrogen) atoms. The van der Waals surface area contributed by atoms with Crippen molar-refractivity contribution in [3.8, 4) is 0 Å². The number of benzene rings is 1. The predicted octanol–water partition coefficient (Wildman–Crippen LogP) is 4.55. The van der Waals surface area contributed by atoms with Gasteiger partial charge in [-0.1, -0.05) is 0 Å². The van der Waals surface area contributed by atoms with Crippen LogP contribution in [0.4, 0.5) is 11.5 Å². The number of piperidine rings is 1. The number of hydrogen-bond acceptors (Lipinski definition) is 3. The van der Waals surface area contributed by atoms with Crippen LogP contribution in [-0.2, 0) is 0 Å². The van der Waals surface area contributed by atoms with Gasteiger partial charge in [0.25, 0.3) is 5.91 Å². The predicted molar refractivity (Wildman–Crippen MR) is 107 cm³/mol. The maximum Gasteiger partial charge on any atom is 0.256 e. The normalized spacial score (nSPS) is 14.5. The Morgan fingerprint density at radius 1 is 1.12 bits per heavy atom. The lowest BCUT2D eigenvalue weighted by Gasteiger charge is -2.30. The molecule has 1 fully saturated rings. The Bertz CT molecular complexity index is 754. The topological polar surface area (TPSA) is 45.2 Å². The fourth-order valence-electron chi connectivity index (χ4n) is 3.09. The number of amides is 1. The van der Waals surface area contributed by atoms with Gasteiger partial charge in [0, 0.05) is 27.9 Å². The Hall–Kier alpha value is -1.63. The van der Waals surface area contributed by atoms with E-state index in [0.717, 1.165) is 27.9 Å². The summed E-state index contributed by atoms with van der Waals surface area (Å²) in [6.45, 7) is 6.24. The van der Waals surface area contributed by atoms with Crippen molar-refractivity contribution in [2.45, 2.75) is 33.1 Å². The van der Waals surface area contributed by atoms with E-state index in [1.165, 1.54) is 24.9 Å². The molecule has 1 aromatic heterocycles. The third kappa shape index (κ3) is 3.88. The average Bonchev–Trinajstić information content (AvgIpc) is 2.59. The largest absolute Gasteiger partial charge is 0.371 e. The van der Waals surface area contributed by atoms with Gasteiger partial charge in [-0.25, -0.2) is 4.98 Å². The third-order valence-electron chi connectivity index (χ3n) is 4.42. The number of pyridine rings is 1. The van der Waals surface area contributed by atoms with E-state index in [-0.39, 0.29) is 5.91 Å². The summed E-state index contributed by atoms with van der Waals surface area (Å²) in [6.07, 6.45) is 3.82. The molecule has 0 unspecified atom stereocenters. The zero-order valence-electron chi connectivity index (χ0n) is 14.1. The molecule has 2 heterocycles. The Balaban J connectivity index is 1.75. The molecule has 0 spiro atoms. The van der Waals surface area contributed by atoms with E-state index in [9.17, 15) is 4.79 Å². The number of nitrogens with zero attached hydrogens (tertiary/aromatic N) is 2. The van der Waals surface area contributed by atoms with Crippen molar-refractivity contribution in [1.29, 1.82) is 0 Å². The van der Waals surface area contributed by atoms with Crippen LogP contribution in [0.15, 0.2) is 30.3 Å². The van der Waals surface area contributed by atoms with Gasteiger partial charge in [-0.2, -0.15) is 0 Å². The highest BCUT2D eigenvalue weighted by Crippen LogP contribution is 2.25. The van der Waals surface area contributed by atoms with Crippen LogP contribution in [0.2, 0.25) is 0 Å². The van der Waals surface area contributed by atoms with Crippen LogP contribution in [0.3, 0.4) is 0 Å². The summed E-state index contributed by atoms with van der Waals surface area (Å²) in [6, 6.07) is 9.75. The SMILES string of the molecule is Cc1cc(C(=O)Nc2ccc(I)c(C)n2)ccc1N1CCCCC1. The van der Waals surface area contributed by atoms with E-state index < -0.39 is 0 Å². The quantitative estimate of drug-likeness (QED) is 0.720. The van der Waals surface area contributed by atoms with E-state index in [2.05, 4.69) is 50.8 Å². The molecule has 1 saturated heterocycles. The van der Waals surface area contributed by atoms with Gasteiger partial charge in [-0.3, -0.25) is 4.79 Å². The number of carbonyl (C=O) groups excluding carboxylic acids is 1. The molecule has 1 amide bonds. The number of hydrogen-bond donors (Lipinski definition) is 1. The molecule has 5 heteroatoms. The number of halogens is 1. The van der Waals surface area contributed by atoms with Gasteiger partial charge in [0.15, 0.2) is 0 Å². The first-order valence-corrected chi connectivity index (χ1v) is 9.42. The number of rotatable bonds is 3. The van der Waals surface area contributed by atoms with Crippen molar-refractivity contribution in [3.63, 3.8) is 0 Å². The number of aromatic nitrogens is 1. The van der Waals surface area contributed by atoms with Gasteiger partial charge in [-0.05, 0) is 91.6 Å². The molecule has 2 aromatic rings. The molecule has 0 radical (unpaired) electrons. The Kier molecular flexibility index (Phi) is 5.38. The lowest BCUT2D eigenvalue weighted by Crippen LogP contribution is -2.30. The molecule has 126 valence electrons. The third-order valence-corrected chi connectivity index (χ3v) is 5.56. The van der Waals surface area contributed by atoms with Crippen LogP contribution in [0.5, 0.6) is 0 Å². The Morgan fingerprint density at radius 3 is 2.54 bits per heavy atom. The molecule has 0 saturated carbocycles. The van der Waals surface area contributed by atoms with Gasteiger partial charge in [-0.15, -0.1) is 0 Å². The van der Waals surface area contributed by atoms with Crippen molar-refractivity contribution in [2.75, 3.05) is 23.3 Å². The first-order valence-electron chi connectivity index (χ1n) is 8.35. The van der Waals surface area contributed by atoms with E-state index >= 15 is 0 Å². The summed E-state index contributed by atoms with van der Waals surface area (Å²) in [5.74, 6) is 0.479. The smallest absolute Gasteiger partial charge is 0.256 e. The molecule has 1 aliphatic rings. The van der Waals surface area contributed by atoms with Crippen molar-refractivity contribution < 1.29 is 4.79 Å². The van der Waals surface area contributed by atoms with Crippen molar-refractivity contribution >= 4 is 40.0 Å². The molecule has 1 aromatic carbocycles. The maximum atomic E-state index is 12.5. The molecular weight excluding hydrogens is 413 g/mol. The first kappa shape index (κ1) is 17.2. The minimum absolute atomic E-state index is 0.114. The van der Waals surface area contributed by atoms with Gasteiger partial charge in [0.05, 0.1) is 5.69 Å². The van der Waals surface area contributed by atoms with E-state index in [1.807, 2.05) is 31.2 Å². The lowest BCUT2D eigenvalue weighted by molar-refractivity contribution is 0.102. The Morgan fingerprint density at radius 2 is 1.88 bits per heavy atom. The van der Waals surface area contributed by atoms with Gasteiger partial charge >= 0.3 is 0 Å². The van der Waals surface area contributed by atoms with Gasteiger partial charge < -0.3 is 10.2 Å². The number of carbonyl (C=O) groups is 1. The van der Waals surface area contributed by atoms with Crippen LogP contribution < -0.4 is 10.2 Å². The fraction of sp³-hybridized carbons (Fsp3) is 0.368. The zero-order valence-corrected chi connectivity index (χ0v) is 16.3. The zero-order chi connectivity index (χ0) is 17.1. The lowest BCUT2D eigenvalue weighted by atomic mass is 10.1. The van der Waals surface area contributed by atoms with E-state index in [1.54, 1.807) is 0 Å². The maximum absolute atomic E-state index is 12.5. The molecular formula is C19H22IN3O. The first-order chi connectivity index (χ1) is 11.5. The minimum atomic E-state index is -0.114. The van der Waals surface area contributed by atoms with Crippen LogP contribution in [-0.4, -0.2) is 24.0 Å². The summed E-state index contributed by atoms with van der Waals surface area (Å²) in [5, 5.41) is 2.89. The highest BCUT2D eigenvalue weighted by molar-refractivity contribution is 14.1. The summed E-state index contributed by atoms with van der Waals surface area (Å²) in [5.41, 5.74) is 3.99. The highest BCUT2D eigenvalue weighted by Gasteiger charge is 2.15. The second-order valence-corrected chi connectivity index (χ2v) is 7.43. The standard InChI is InChI=1S/C19H22IN3O/c1-13-12-15(6-8-17(13)23-10-4-3-5-11-23)19(24)22-18-9-7-16(20)14(2)21-18/h6-9,12H,3-5,10-11H2,1-2H3,(H,21,22,24). The summed E-state index contributed by atoms with van der Waals surface area (Å²) < 4.78 is 1.09. The van der Waals surface area contributed by atoms with Crippen molar-refractivity contribution in [1.82, 2.24) is 4.98 Å². The van der Waals surface area contributed by atoms with Gasteiger partial charge in [0.2, 0.25) is 0 Å². The van der Waals surface area contributed by atoms with Crippen LogP contribution in [0.25, 0.3) is 0 Å². The van der Waals surface area contributed by atoms with Crippen LogP contribution in [0.1, 0.15) is 40.9 Å². The Labute approximate surface area is 156 Å². The van der Waals surface area contributed by atoms with E-state index in [4.69, 9.17) is 0 Å². The molecule has 1 aliphatic heterocycles. The second-order valence-electron chi connectivity index (χ2n) is 6.27. The molecule has 0 aliphatic carbocycles. The summed E-state index contributed by atoms with van der Waals surface area (Å²) >= 11 is 2.24. The number of aryl methyl sites for hydroxylation is 2.